The number of aromatic nitrogens is 3. The van der Waals surface area contributed by atoms with Crippen LogP contribution in [-0.2, 0) is 0 Å². The molecule has 0 aliphatic rings. The molecule has 9 nitrogen and oxygen atoms in total. The van der Waals surface area contributed by atoms with Gasteiger partial charge in [-0.15, -0.1) is 0 Å². The number of imidazole rings is 1. The summed E-state index contributed by atoms with van der Waals surface area (Å²) < 4.78 is 15.3. The summed E-state index contributed by atoms with van der Waals surface area (Å²) in [6.45, 7) is 0. The largest absolute Gasteiger partial charge is 0.465 e. The monoisotopic (exact) mass is 317 g/mol. The van der Waals surface area contributed by atoms with Gasteiger partial charge in [-0.25, -0.2) is 19.2 Å². The van der Waals surface area contributed by atoms with E-state index in [9.17, 15) is 19.3 Å². The normalized spacial score (nSPS) is 10.7. The molecule has 10 heteroatoms. The van der Waals surface area contributed by atoms with E-state index >= 15 is 0 Å². The Morgan fingerprint density at radius 2 is 2.17 bits per heavy atom. The van der Waals surface area contributed by atoms with Gasteiger partial charge in [0.2, 0.25) is 5.78 Å². The highest BCUT2D eigenvalue weighted by Gasteiger charge is 2.15. The van der Waals surface area contributed by atoms with Crippen molar-refractivity contribution in [2.45, 2.75) is 0 Å². The van der Waals surface area contributed by atoms with Gasteiger partial charge in [0.25, 0.3) is 5.69 Å². The molecular weight excluding hydrogens is 309 g/mol. The van der Waals surface area contributed by atoms with Crippen LogP contribution >= 0.6 is 0 Å². The molecule has 2 N–H and O–H groups in total. The summed E-state index contributed by atoms with van der Waals surface area (Å²) in [4.78, 5) is 28.8. The van der Waals surface area contributed by atoms with E-state index in [0.29, 0.717) is 0 Å². The van der Waals surface area contributed by atoms with Gasteiger partial charge < -0.3 is 5.11 Å². The average molecular weight is 317 g/mol. The van der Waals surface area contributed by atoms with Gasteiger partial charge in [-0.2, -0.15) is 0 Å². The first-order valence-electron chi connectivity index (χ1n) is 6.23. The van der Waals surface area contributed by atoms with E-state index in [1.165, 1.54) is 23.0 Å². The third-order valence-electron chi connectivity index (χ3n) is 3.00. The summed E-state index contributed by atoms with van der Waals surface area (Å²) in [5, 5.41) is 21.6. The zero-order chi connectivity index (χ0) is 16.6. The van der Waals surface area contributed by atoms with E-state index < -0.39 is 16.8 Å². The van der Waals surface area contributed by atoms with E-state index in [2.05, 4.69) is 15.3 Å². The van der Waals surface area contributed by atoms with E-state index in [-0.39, 0.29) is 28.4 Å². The van der Waals surface area contributed by atoms with Gasteiger partial charge in [-0.3, -0.25) is 19.8 Å². The minimum atomic E-state index is -1.25. The molecule has 3 rings (SSSR count). The number of nitrogens with zero attached hydrogens (tertiary/aromatic N) is 4. The maximum atomic E-state index is 13.9. The fraction of sp³-hybridized carbons (Fsp3) is 0. The number of benzene rings is 1. The Hall–Kier alpha value is -3.56. The Morgan fingerprint density at radius 1 is 1.39 bits per heavy atom. The third-order valence-corrected chi connectivity index (χ3v) is 3.00. The van der Waals surface area contributed by atoms with Crippen LogP contribution in [0.25, 0.3) is 17.0 Å². The van der Waals surface area contributed by atoms with Crippen molar-refractivity contribution in [2.75, 3.05) is 5.32 Å². The Kier molecular flexibility index (Phi) is 3.33. The molecule has 2 aromatic heterocycles. The Balaban J connectivity index is 2.08. The summed E-state index contributed by atoms with van der Waals surface area (Å²) in [5.74, 6) is -0.468. The van der Waals surface area contributed by atoms with Crippen molar-refractivity contribution >= 4 is 23.2 Å². The van der Waals surface area contributed by atoms with Gasteiger partial charge in [-0.05, 0) is 6.07 Å². The topological polar surface area (TPSA) is 123 Å². The van der Waals surface area contributed by atoms with Crippen LogP contribution in [-0.4, -0.2) is 30.5 Å². The number of rotatable bonds is 3. The van der Waals surface area contributed by atoms with Crippen molar-refractivity contribution in [1.82, 2.24) is 14.4 Å². The molecule has 0 saturated carbocycles. The second kappa shape index (κ2) is 5.33. The van der Waals surface area contributed by atoms with E-state index in [4.69, 9.17) is 5.11 Å². The summed E-state index contributed by atoms with van der Waals surface area (Å²) in [5.41, 5.74) is 0.0386. The summed E-state index contributed by atoms with van der Waals surface area (Å²) in [6.07, 6.45) is 2.81. The Bertz CT molecular complexity index is 939. The quantitative estimate of drug-likeness (QED) is 0.565. The van der Waals surface area contributed by atoms with Crippen molar-refractivity contribution in [2.24, 2.45) is 0 Å². The SMILES string of the molecule is O=C(O)Nc1cnc2nc(-c3cc([N+](=O)[O-])ccc3F)cn2c1. The van der Waals surface area contributed by atoms with Crippen LogP contribution in [0, 0.1) is 15.9 Å². The van der Waals surface area contributed by atoms with Crippen LogP contribution in [0.3, 0.4) is 0 Å². The molecule has 1 amide bonds. The molecule has 1 aromatic carbocycles. The zero-order valence-electron chi connectivity index (χ0n) is 11.3. The molecule has 2 heterocycles. The number of hydrogen-bond donors (Lipinski definition) is 2. The van der Waals surface area contributed by atoms with Crippen LogP contribution in [0.2, 0.25) is 0 Å². The molecule has 116 valence electrons. The minimum absolute atomic E-state index is 0.0440. The van der Waals surface area contributed by atoms with Gasteiger partial charge in [0.05, 0.1) is 22.5 Å². The number of nitro benzene ring substituents is 1. The Labute approximate surface area is 127 Å². The number of amides is 1. The van der Waals surface area contributed by atoms with E-state index in [1.54, 1.807) is 0 Å². The summed E-state index contributed by atoms with van der Waals surface area (Å²) >= 11 is 0. The molecule has 3 aromatic rings. The van der Waals surface area contributed by atoms with Crippen molar-refractivity contribution < 1.29 is 19.2 Å². The molecule has 23 heavy (non-hydrogen) atoms. The van der Waals surface area contributed by atoms with Crippen LogP contribution in [0.15, 0.2) is 36.8 Å². The van der Waals surface area contributed by atoms with Crippen molar-refractivity contribution in [3.8, 4) is 11.3 Å². The maximum absolute atomic E-state index is 13.9. The number of non-ortho nitro benzene ring substituents is 1. The van der Waals surface area contributed by atoms with Crippen LogP contribution in [0.4, 0.5) is 20.6 Å². The second-order valence-corrected chi connectivity index (χ2v) is 4.53. The highest BCUT2D eigenvalue weighted by molar-refractivity contribution is 5.82. The number of nitrogens with one attached hydrogen (secondary N) is 1. The number of carbonyl (C=O) groups is 1. The molecule has 0 atom stereocenters. The number of anilines is 1. The fourth-order valence-corrected chi connectivity index (χ4v) is 2.03. The van der Waals surface area contributed by atoms with Gasteiger partial charge in [-0.1, -0.05) is 0 Å². The fourth-order valence-electron chi connectivity index (χ4n) is 2.03. The molecule has 0 aliphatic heterocycles. The highest BCUT2D eigenvalue weighted by Crippen LogP contribution is 2.26. The number of fused-ring (bicyclic) bond motifs is 1. The molecule has 0 unspecified atom stereocenters. The van der Waals surface area contributed by atoms with Gasteiger partial charge in [0.1, 0.15) is 5.82 Å². The molecule has 0 saturated heterocycles. The van der Waals surface area contributed by atoms with Crippen LogP contribution in [0.1, 0.15) is 0 Å². The van der Waals surface area contributed by atoms with Crippen LogP contribution in [0.5, 0.6) is 0 Å². The van der Waals surface area contributed by atoms with Gasteiger partial charge in [0, 0.05) is 30.1 Å². The molecule has 0 fully saturated rings. The first-order valence-corrected chi connectivity index (χ1v) is 6.23. The first-order chi connectivity index (χ1) is 10.9. The van der Waals surface area contributed by atoms with E-state index in [1.807, 2.05) is 0 Å². The lowest BCUT2D eigenvalue weighted by Crippen LogP contribution is -2.08. The van der Waals surface area contributed by atoms with E-state index in [0.717, 1.165) is 18.2 Å². The maximum Gasteiger partial charge on any atom is 0.409 e. The number of carboxylic acid groups (broad SMARTS) is 1. The third kappa shape index (κ3) is 2.77. The molecule has 0 spiro atoms. The molecular formula is C13H8FN5O4. The lowest BCUT2D eigenvalue weighted by atomic mass is 10.1. The minimum Gasteiger partial charge on any atom is -0.465 e. The van der Waals surface area contributed by atoms with Crippen LogP contribution < -0.4 is 5.32 Å². The van der Waals surface area contributed by atoms with Gasteiger partial charge >= 0.3 is 6.09 Å². The summed E-state index contributed by atoms with van der Waals surface area (Å²) in [6, 6.07) is 3.12. The molecule has 0 radical (unpaired) electrons. The highest BCUT2D eigenvalue weighted by atomic mass is 19.1. The van der Waals surface area contributed by atoms with Gasteiger partial charge in [0.15, 0.2) is 0 Å². The molecule has 0 aliphatic carbocycles. The first kappa shape index (κ1) is 14.4. The smallest absolute Gasteiger partial charge is 0.409 e. The Morgan fingerprint density at radius 3 is 2.87 bits per heavy atom. The van der Waals surface area contributed by atoms with Crippen molar-refractivity contribution in [3.63, 3.8) is 0 Å². The zero-order valence-corrected chi connectivity index (χ0v) is 11.3. The predicted molar refractivity (Wildman–Crippen MR) is 76.7 cm³/mol. The number of nitro groups is 1. The predicted octanol–water partition coefficient (Wildman–Crippen LogP) is 2.53. The lowest BCUT2D eigenvalue weighted by Gasteiger charge is -1.99. The standard InChI is InChI=1S/C13H8FN5O4/c14-10-2-1-8(19(22)23)3-9(10)11-6-18-5-7(16-13(20)21)4-15-12(18)17-11/h1-6,16H,(H,20,21). The number of halogens is 1. The average Bonchev–Trinajstić information content (AvgIpc) is 2.89. The molecule has 0 bridgehead atoms. The summed E-state index contributed by atoms with van der Waals surface area (Å²) in [7, 11) is 0. The van der Waals surface area contributed by atoms with Crippen molar-refractivity contribution in [3.05, 3.63) is 52.7 Å². The number of hydrogen-bond acceptors (Lipinski definition) is 5. The lowest BCUT2D eigenvalue weighted by molar-refractivity contribution is -0.384. The van der Waals surface area contributed by atoms with Crippen molar-refractivity contribution in [1.29, 1.82) is 0 Å². The second-order valence-electron chi connectivity index (χ2n) is 4.53.